The van der Waals surface area contributed by atoms with E-state index >= 15 is 0 Å². The molecule has 3 aromatic rings. The van der Waals surface area contributed by atoms with Crippen molar-refractivity contribution in [1.29, 1.82) is 0 Å². The first-order valence-corrected chi connectivity index (χ1v) is 11.1. The molecule has 0 aliphatic carbocycles. The maximum Gasteiger partial charge on any atom is 0.335 e. The largest absolute Gasteiger partial charge is 0.497 e. The fraction of sp³-hybridized carbons (Fsp3) is 0.222. The van der Waals surface area contributed by atoms with Gasteiger partial charge in [0, 0.05) is 24.1 Å². The average molecular weight is 459 g/mol. The summed E-state index contributed by atoms with van der Waals surface area (Å²) in [5.74, 6) is -0.341. The minimum Gasteiger partial charge on any atom is -0.497 e. The summed E-state index contributed by atoms with van der Waals surface area (Å²) in [6.45, 7) is 2.43. The van der Waals surface area contributed by atoms with E-state index in [0.717, 1.165) is 40.1 Å². The minimum atomic E-state index is -0.968. The number of benzene rings is 3. The second-order valence-corrected chi connectivity index (χ2v) is 8.02. The second-order valence-electron chi connectivity index (χ2n) is 8.02. The van der Waals surface area contributed by atoms with Crippen LogP contribution in [-0.2, 0) is 17.8 Å². The molecule has 1 unspecified atom stereocenters. The second kappa shape index (κ2) is 10.2. The fourth-order valence-corrected chi connectivity index (χ4v) is 3.86. The van der Waals surface area contributed by atoms with Crippen molar-refractivity contribution in [3.8, 4) is 5.75 Å². The molecule has 1 heterocycles. The summed E-state index contributed by atoms with van der Waals surface area (Å²) >= 11 is 0. The molecule has 3 aromatic carbocycles. The number of carboxylic acids is 1. The van der Waals surface area contributed by atoms with Gasteiger partial charge >= 0.3 is 5.97 Å². The smallest absolute Gasteiger partial charge is 0.335 e. The van der Waals surface area contributed by atoms with E-state index in [0.29, 0.717) is 18.5 Å². The summed E-state index contributed by atoms with van der Waals surface area (Å²) in [4.78, 5) is 29.7. The van der Waals surface area contributed by atoms with E-state index < -0.39 is 5.97 Å². The van der Waals surface area contributed by atoms with Crippen LogP contribution in [0.5, 0.6) is 5.75 Å². The summed E-state index contributed by atoms with van der Waals surface area (Å²) in [7, 11) is 1.62. The van der Waals surface area contributed by atoms with Gasteiger partial charge in [-0.1, -0.05) is 48.5 Å². The number of amides is 1. The summed E-state index contributed by atoms with van der Waals surface area (Å²) in [6, 6.07) is 19.9. The Kier molecular flexibility index (Phi) is 6.92. The fourth-order valence-electron chi connectivity index (χ4n) is 3.86. The van der Waals surface area contributed by atoms with E-state index in [4.69, 9.17) is 14.7 Å². The summed E-state index contributed by atoms with van der Waals surface area (Å²) in [5.41, 5.74) is 5.21. The highest BCUT2D eigenvalue weighted by Gasteiger charge is 2.25. The molecule has 0 radical (unpaired) electrons. The van der Waals surface area contributed by atoms with Crippen LogP contribution < -0.4 is 10.1 Å². The van der Waals surface area contributed by atoms with E-state index in [1.165, 1.54) is 0 Å². The Hall–Kier alpha value is -4.13. The predicted octanol–water partition coefficient (Wildman–Crippen LogP) is 4.75. The van der Waals surface area contributed by atoms with Gasteiger partial charge in [0.15, 0.2) is 6.10 Å². The van der Waals surface area contributed by atoms with Gasteiger partial charge < -0.3 is 20.0 Å². The molecule has 34 heavy (non-hydrogen) atoms. The van der Waals surface area contributed by atoms with Crippen molar-refractivity contribution in [1.82, 2.24) is 5.32 Å². The Morgan fingerprint density at radius 3 is 2.47 bits per heavy atom. The van der Waals surface area contributed by atoms with Gasteiger partial charge in [0.05, 0.1) is 18.4 Å². The molecule has 2 N–H and O–H groups in total. The maximum atomic E-state index is 13.0. The zero-order valence-electron chi connectivity index (χ0n) is 19.1. The van der Waals surface area contributed by atoms with Crippen LogP contribution in [-0.4, -0.2) is 29.8 Å². The Balaban J connectivity index is 1.46. The molecule has 0 saturated carbocycles. The van der Waals surface area contributed by atoms with Crippen LogP contribution in [0.3, 0.4) is 0 Å². The van der Waals surface area contributed by atoms with Gasteiger partial charge in [-0.25, -0.2) is 4.79 Å². The van der Waals surface area contributed by atoms with Crippen LogP contribution in [0.2, 0.25) is 0 Å². The van der Waals surface area contributed by atoms with Crippen LogP contribution >= 0.6 is 0 Å². The Bertz CT molecular complexity index is 1220. The molecule has 4 rings (SSSR count). The zero-order chi connectivity index (χ0) is 24.1. The lowest BCUT2D eigenvalue weighted by Gasteiger charge is -2.12. The first-order valence-electron chi connectivity index (χ1n) is 11.1. The number of oxime groups is 1. The lowest BCUT2D eigenvalue weighted by atomic mass is 9.95. The third-order valence-corrected chi connectivity index (χ3v) is 5.88. The number of aromatic carboxylic acids is 1. The topological polar surface area (TPSA) is 97.2 Å². The third-order valence-electron chi connectivity index (χ3n) is 5.88. The van der Waals surface area contributed by atoms with Crippen LogP contribution in [0.15, 0.2) is 71.9 Å². The van der Waals surface area contributed by atoms with Gasteiger partial charge in [-0.2, -0.15) is 0 Å². The number of nitrogens with zero attached hydrogens (tertiary/aromatic N) is 1. The molecule has 0 fully saturated rings. The molecule has 1 atom stereocenters. The standard InChI is InChI=1S/C27H26N2O5/c1-3-18-6-11-21(14-23(18)26(30)28-16-17-4-12-22(33-2)13-5-17)24-15-25(34-29-24)19-7-9-20(10-8-19)27(31)32/h4-14,25H,3,15-16H2,1-2H3,(H,28,30)(H,31,32). The first-order chi connectivity index (χ1) is 16.5. The van der Waals surface area contributed by atoms with Crippen molar-refractivity contribution in [2.45, 2.75) is 32.4 Å². The van der Waals surface area contributed by atoms with Gasteiger partial charge in [0.1, 0.15) is 5.75 Å². The molecule has 7 heteroatoms. The summed E-state index contributed by atoms with van der Waals surface area (Å²) in [5, 5.41) is 16.3. The van der Waals surface area contributed by atoms with Gasteiger partial charge in [-0.05, 0) is 53.4 Å². The van der Waals surface area contributed by atoms with Crippen LogP contribution in [0, 0.1) is 0 Å². The number of carbonyl (C=O) groups excluding carboxylic acids is 1. The van der Waals surface area contributed by atoms with Gasteiger partial charge in [0.25, 0.3) is 5.91 Å². The Morgan fingerprint density at radius 2 is 1.82 bits per heavy atom. The van der Waals surface area contributed by atoms with E-state index in [1.807, 2.05) is 49.4 Å². The van der Waals surface area contributed by atoms with Crippen LogP contribution in [0.1, 0.15) is 62.4 Å². The highest BCUT2D eigenvalue weighted by atomic mass is 16.6. The van der Waals surface area contributed by atoms with Crippen molar-refractivity contribution in [2.75, 3.05) is 7.11 Å². The number of carbonyl (C=O) groups is 2. The lowest BCUT2D eigenvalue weighted by molar-refractivity contribution is 0.0695. The van der Waals surface area contributed by atoms with E-state index in [-0.39, 0.29) is 17.6 Å². The minimum absolute atomic E-state index is 0.144. The number of ether oxygens (including phenoxy) is 1. The first kappa shape index (κ1) is 23.0. The highest BCUT2D eigenvalue weighted by Crippen LogP contribution is 2.30. The zero-order valence-corrected chi connectivity index (χ0v) is 19.1. The summed E-state index contributed by atoms with van der Waals surface area (Å²) < 4.78 is 5.17. The molecule has 0 saturated heterocycles. The number of nitrogens with one attached hydrogen (secondary N) is 1. The SMILES string of the molecule is CCc1ccc(C2=NOC(c3ccc(C(=O)O)cc3)C2)cc1C(=O)NCc1ccc(OC)cc1. The number of hydrogen-bond donors (Lipinski definition) is 2. The number of rotatable bonds is 8. The van der Waals surface area contributed by atoms with Crippen LogP contribution in [0.25, 0.3) is 0 Å². The van der Waals surface area contributed by atoms with Gasteiger partial charge in [-0.3, -0.25) is 4.79 Å². The quantitative estimate of drug-likeness (QED) is 0.508. The summed E-state index contributed by atoms with van der Waals surface area (Å²) in [6.07, 6.45) is 0.966. The highest BCUT2D eigenvalue weighted by molar-refractivity contribution is 6.04. The average Bonchev–Trinajstić information content (AvgIpc) is 3.37. The Morgan fingerprint density at radius 1 is 1.09 bits per heavy atom. The number of methoxy groups -OCH3 is 1. The predicted molar refractivity (Wildman–Crippen MR) is 128 cm³/mol. The third kappa shape index (κ3) is 5.09. The van der Waals surface area contributed by atoms with Crippen molar-refractivity contribution < 1.29 is 24.3 Å². The van der Waals surface area contributed by atoms with E-state index in [9.17, 15) is 9.59 Å². The van der Waals surface area contributed by atoms with Crippen molar-refractivity contribution in [2.24, 2.45) is 5.16 Å². The van der Waals surface area contributed by atoms with E-state index in [1.54, 1.807) is 31.4 Å². The number of carboxylic acid groups (broad SMARTS) is 1. The number of aryl methyl sites for hydroxylation is 1. The normalized spacial score (nSPS) is 14.8. The van der Waals surface area contributed by atoms with Gasteiger partial charge in [0.2, 0.25) is 0 Å². The monoisotopic (exact) mass is 458 g/mol. The molecule has 1 aliphatic heterocycles. The van der Waals surface area contributed by atoms with Crippen molar-refractivity contribution in [3.05, 3.63) is 100 Å². The van der Waals surface area contributed by atoms with Crippen molar-refractivity contribution >= 4 is 17.6 Å². The molecule has 7 nitrogen and oxygen atoms in total. The number of hydrogen-bond acceptors (Lipinski definition) is 5. The van der Waals surface area contributed by atoms with Gasteiger partial charge in [-0.15, -0.1) is 0 Å². The molecule has 0 aromatic heterocycles. The Labute approximate surface area is 198 Å². The molecular formula is C27H26N2O5. The maximum absolute atomic E-state index is 13.0. The molecule has 174 valence electrons. The van der Waals surface area contributed by atoms with Crippen molar-refractivity contribution in [3.63, 3.8) is 0 Å². The van der Waals surface area contributed by atoms with E-state index in [2.05, 4.69) is 10.5 Å². The molecule has 0 bridgehead atoms. The van der Waals surface area contributed by atoms with Crippen LogP contribution in [0.4, 0.5) is 0 Å². The molecule has 0 spiro atoms. The molecule has 1 aliphatic rings. The molecule has 1 amide bonds. The molecular weight excluding hydrogens is 432 g/mol. The lowest BCUT2D eigenvalue weighted by Crippen LogP contribution is -2.24.